The molecule has 8 heteroatoms. The predicted octanol–water partition coefficient (Wildman–Crippen LogP) is 3.00. The minimum atomic E-state index is -0.449. The van der Waals surface area contributed by atoms with E-state index >= 15 is 0 Å². The third kappa shape index (κ3) is 3.80. The van der Waals surface area contributed by atoms with Crippen LogP contribution in [0.15, 0.2) is 45.5 Å². The summed E-state index contributed by atoms with van der Waals surface area (Å²) in [6, 6.07) is 8.50. The van der Waals surface area contributed by atoms with Gasteiger partial charge in [0.05, 0.1) is 18.9 Å². The van der Waals surface area contributed by atoms with Gasteiger partial charge in [0, 0.05) is 18.5 Å². The SMILES string of the molecule is COC(=O)c1cccc(NC(=O)CCc2nc(-c3ccco3)no2)c1C. The van der Waals surface area contributed by atoms with E-state index in [2.05, 4.69) is 15.5 Å². The van der Waals surface area contributed by atoms with Gasteiger partial charge in [0.15, 0.2) is 5.76 Å². The van der Waals surface area contributed by atoms with Crippen LogP contribution in [-0.2, 0) is 16.0 Å². The fraction of sp³-hybridized carbons (Fsp3) is 0.222. The second-order valence-corrected chi connectivity index (χ2v) is 5.51. The van der Waals surface area contributed by atoms with Crippen LogP contribution in [0.2, 0.25) is 0 Å². The van der Waals surface area contributed by atoms with Crippen LogP contribution in [0.1, 0.15) is 28.2 Å². The summed E-state index contributed by atoms with van der Waals surface area (Å²) in [7, 11) is 1.31. The molecule has 2 heterocycles. The Morgan fingerprint density at radius 3 is 2.81 bits per heavy atom. The van der Waals surface area contributed by atoms with Crippen LogP contribution >= 0.6 is 0 Å². The number of anilines is 1. The van der Waals surface area contributed by atoms with Crippen molar-refractivity contribution in [2.45, 2.75) is 19.8 Å². The molecule has 0 radical (unpaired) electrons. The summed E-state index contributed by atoms with van der Waals surface area (Å²) >= 11 is 0. The molecule has 134 valence electrons. The van der Waals surface area contributed by atoms with Crippen molar-refractivity contribution in [3.8, 4) is 11.6 Å². The maximum absolute atomic E-state index is 12.2. The zero-order valence-corrected chi connectivity index (χ0v) is 14.3. The first-order valence-corrected chi connectivity index (χ1v) is 7.92. The maximum Gasteiger partial charge on any atom is 0.338 e. The van der Waals surface area contributed by atoms with Gasteiger partial charge in [-0.25, -0.2) is 4.79 Å². The molecule has 1 aromatic carbocycles. The van der Waals surface area contributed by atoms with Crippen molar-refractivity contribution in [3.63, 3.8) is 0 Å². The summed E-state index contributed by atoms with van der Waals surface area (Å²) in [5, 5.41) is 6.59. The number of ether oxygens (including phenoxy) is 1. The van der Waals surface area contributed by atoms with Crippen LogP contribution in [0, 0.1) is 6.92 Å². The molecule has 0 aliphatic heterocycles. The van der Waals surface area contributed by atoms with Crippen LogP contribution in [-0.4, -0.2) is 29.1 Å². The molecule has 0 saturated carbocycles. The average molecular weight is 355 g/mol. The third-order valence-corrected chi connectivity index (χ3v) is 3.79. The van der Waals surface area contributed by atoms with Crippen molar-refractivity contribution in [1.29, 1.82) is 0 Å². The van der Waals surface area contributed by atoms with Crippen LogP contribution in [0.5, 0.6) is 0 Å². The molecule has 0 aliphatic carbocycles. The zero-order valence-electron chi connectivity index (χ0n) is 14.3. The van der Waals surface area contributed by atoms with Crippen LogP contribution in [0.3, 0.4) is 0 Å². The number of esters is 1. The standard InChI is InChI=1S/C18H17N3O5/c1-11-12(18(23)24-2)5-3-6-13(11)19-15(22)8-9-16-20-17(21-26-16)14-7-4-10-25-14/h3-7,10H,8-9H2,1-2H3,(H,19,22). The van der Waals surface area contributed by atoms with Crippen molar-refractivity contribution in [1.82, 2.24) is 10.1 Å². The van der Waals surface area contributed by atoms with Crippen LogP contribution in [0.4, 0.5) is 5.69 Å². The van der Waals surface area contributed by atoms with Crippen LogP contribution < -0.4 is 5.32 Å². The minimum Gasteiger partial charge on any atom is -0.465 e. The molecule has 0 fully saturated rings. The first-order chi connectivity index (χ1) is 12.6. The van der Waals surface area contributed by atoms with Gasteiger partial charge in [-0.1, -0.05) is 11.2 Å². The number of nitrogens with one attached hydrogen (secondary N) is 1. The molecule has 3 aromatic rings. The van der Waals surface area contributed by atoms with Gasteiger partial charge in [0.2, 0.25) is 17.6 Å². The second-order valence-electron chi connectivity index (χ2n) is 5.51. The van der Waals surface area contributed by atoms with Gasteiger partial charge in [-0.15, -0.1) is 0 Å². The number of aromatic nitrogens is 2. The number of carbonyl (C=O) groups is 2. The first-order valence-electron chi connectivity index (χ1n) is 7.92. The molecule has 0 bridgehead atoms. The van der Waals surface area contributed by atoms with Gasteiger partial charge >= 0.3 is 5.97 Å². The zero-order chi connectivity index (χ0) is 18.5. The molecule has 8 nitrogen and oxygen atoms in total. The van der Waals surface area contributed by atoms with Gasteiger partial charge in [-0.05, 0) is 36.8 Å². The average Bonchev–Trinajstić information content (AvgIpc) is 3.32. The monoisotopic (exact) mass is 355 g/mol. The summed E-state index contributed by atoms with van der Waals surface area (Å²) in [5.74, 6) is 0.501. The van der Waals surface area contributed by atoms with Crippen LogP contribution in [0.25, 0.3) is 11.6 Å². The fourth-order valence-corrected chi connectivity index (χ4v) is 2.40. The lowest BCUT2D eigenvalue weighted by molar-refractivity contribution is -0.116. The topological polar surface area (TPSA) is 107 Å². The van der Waals surface area contributed by atoms with Gasteiger partial charge in [-0.3, -0.25) is 4.79 Å². The van der Waals surface area contributed by atoms with Gasteiger partial charge in [-0.2, -0.15) is 4.98 Å². The highest BCUT2D eigenvalue weighted by Crippen LogP contribution is 2.20. The molecule has 2 aromatic heterocycles. The number of amides is 1. The lowest BCUT2D eigenvalue weighted by atomic mass is 10.1. The Kier molecular flexibility index (Phi) is 5.12. The maximum atomic E-state index is 12.2. The Morgan fingerprint density at radius 1 is 1.23 bits per heavy atom. The molecule has 0 atom stereocenters. The van der Waals surface area contributed by atoms with Crippen molar-refractivity contribution in [3.05, 3.63) is 53.6 Å². The Morgan fingerprint density at radius 2 is 2.08 bits per heavy atom. The Labute approximate surface area is 149 Å². The van der Waals surface area contributed by atoms with E-state index in [1.165, 1.54) is 13.4 Å². The number of benzene rings is 1. The molecule has 3 rings (SSSR count). The summed E-state index contributed by atoms with van der Waals surface area (Å²) in [4.78, 5) is 28.1. The molecule has 1 amide bonds. The van der Waals surface area contributed by atoms with Gasteiger partial charge < -0.3 is 19.0 Å². The van der Waals surface area contributed by atoms with E-state index in [4.69, 9.17) is 13.7 Å². The van der Waals surface area contributed by atoms with Crippen molar-refractivity contribution in [2.24, 2.45) is 0 Å². The van der Waals surface area contributed by atoms with E-state index in [1.807, 2.05) is 0 Å². The highest BCUT2D eigenvalue weighted by molar-refractivity contribution is 5.96. The fourth-order valence-electron chi connectivity index (χ4n) is 2.40. The predicted molar refractivity (Wildman–Crippen MR) is 91.5 cm³/mol. The largest absolute Gasteiger partial charge is 0.465 e. The van der Waals surface area contributed by atoms with E-state index in [-0.39, 0.29) is 18.7 Å². The molecule has 26 heavy (non-hydrogen) atoms. The summed E-state index contributed by atoms with van der Waals surface area (Å²) in [5.41, 5.74) is 1.61. The van der Waals surface area contributed by atoms with Gasteiger partial charge in [0.25, 0.3) is 0 Å². The second kappa shape index (κ2) is 7.64. The van der Waals surface area contributed by atoms with Crippen molar-refractivity contribution in [2.75, 3.05) is 12.4 Å². The third-order valence-electron chi connectivity index (χ3n) is 3.79. The smallest absolute Gasteiger partial charge is 0.338 e. The lowest BCUT2D eigenvalue weighted by Gasteiger charge is -2.11. The molecule has 1 N–H and O–H groups in total. The van der Waals surface area contributed by atoms with E-state index in [9.17, 15) is 9.59 Å². The van der Waals surface area contributed by atoms with E-state index in [0.717, 1.165) is 0 Å². The first kappa shape index (κ1) is 17.4. The van der Waals surface area contributed by atoms with Crippen molar-refractivity contribution >= 4 is 17.6 Å². The number of carbonyl (C=O) groups excluding carboxylic acids is 2. The van der Waals surface area contributed by atoms with Crippen molar-refractivity contribution < 1.29 is 23.3 Å². The molecule has 0 saturated heterocycles. The molecule has 0 unspecified atom stereocenters. The minimum absolute atomic E-state index is 0.154. The summed E-state index contributed by atoms with van der Waals surface area (Å²) < 4.78 is 15.0. The summed E-state index contributed by atoms with van der Waals surface area (Å²) in [6.07, 6.45) is 1.96. The quantitative estimate of drug-likeness (QED) is 0.677. The normalized spacial score (nSPS) is 10.5. The Bertz CT molecular complexity index is 915. The molecule has 0 aliphatic rings. The Hall–Kier alpha value is -3.42. The number of furan rings is 1. The lowest BCUT2D eigenvalue weighted by Crippen LogP contribution is -2.15. The van der Waals surface area contributed by atoms with Gasteiger partial charge in [0.1, 0.15) is 0 Å². The highest BCUT2D eigenvalue weighted by Gasteiger charge is 2.15. The molecular weight excluding hydrogens is 338 g/mol. The number of hydrogen-bond donors (Lipinski definition) is 1. The number of hydrogen-bond acceptors (Lipinski definition) is 7. The number of nitrogens with zero attached hydrogens (tertiary/aromatic N) is 2. The number of aryl methyl sites for hydroxylation is 1. The van der Waals surface area contributed by atoms with E-state index in [0.29, 0.717) is 34.3 Å². The number of methoxy groups -OCH3 is 1. The van der Waals surface area contributed by atoms with E-state index in [1.54, 1.807) is 37.3 Å². The molecule has 0 spiro atoms. The highest BCUT2D eigenvalue weighted by atomic mass is 16.5. The van der Waals surface area contributed by atoms with E-state index < -0.39 is 5.97 Å². The summed E-state index contributed by atoms with van der Waals surface area (Å²) in [6.45, 7) is 1.75. The number of rotatable bonds is 6. The Balaban J connectivity index is 1.61. The molecular formula is C18H17N3O5.